The van der Waals surface area contributed by atoms with Gasteiger partial charge in [-0.1, -0.05) is 30.3 Å². The predicted octanol–water partition coefficient (Wildman–Crippen LogP) is 4.17. The molecule has 0 atom stereocenters. The molecule has 3 rings (SSSR count). The van der Waals surface area contributed by atoms with Crippen molar-refractivity contribution in [1.82, 2.24) is 15.5 Å². The Kier molecular flexibility index (Phi) is 8.39. The Balaban J connectivity index is 1.37. The second-order valence-corrected chi connectivity index (χ2v) is 8.16. The molecule has 1 saturated heterocycles. The number of guanidine groups is 1. The molecule has 2 aromatic carbocycles. The van der Waals surface area contributed by atoms with Gasteiger partial charge >= 0.3 is 6.18 Å². The first kappa shape index (κ1) is 23.9. The van der Waals surface area contributed by atoms with E-state index in [0.29, 0.717) is 12.1 Å². The number of aliphatic imine (C=N–C) groups is 1. The molecule has 1 fully saturated rings. The number of nitrogens with one attached hydrogen (secondary N) is 2. The van der Waals surface area contributed by atoms with Gasteiger partial charge in [0.2, 0.25) is 0 Å². The molecule has 1 heterocycles. The summed E-state index contributed by atoms with van der Waals surface area (Å²) < 4.78 is 38.8. The fraction of sp³-hybridized carbons (Fsp3) is 0.458. The molecule has 8 heteroatoms. The van der Waals surface area contributed by atoms with Gasteiger partial charge in [0, 0.05) is 39.3 Å². The molecule has 0 radical (unpaired) electrons. The Labute approximate surface area is 187 Å². The summed E-state index contributed by atoms with van der Waals surface area (Å²) in [7, 11) is 1.75. The molecule has 1 aliphatic rings. The minimum atomic E-state index is -4.31. The van der Waals surface area contributed by atoms with Crippen molar-refractivity contribution in [3.05, 3.63) is 65.2 Å². The number of likely N-dealkylation sites (tertiary alicyclic amines) is 1. The van der Waals surface area contributed by atoms with Gasteiger partial charge in [0.1, 0.15) is 5.75 Å². The van der Waals surface area contributed by atoms with Crippen LogP contribution in [0.25, 0.3) is 0 Å². The molecular weight excluding hydrogens is 417 g/mol. The van der Waals surface area contributed by atoms with Crippen molar-refractivity contribution in [2.75, 3.05) is 26.7 Å². The SMILES string of the molecule is CN=C(NCCCc1ccc(O)cc1)NC1CCN(Cc2cccc(C(F)(F)F)c2)CC1. The first-order chi connectivity index (χ1) is 15.3. The quantitative estimate of drug-likeness (QED) is 0.338. The van der Waals surface area contributed by atoms with Crippen LogP contribution in [0.5, 0.6) is 5.75 Å². The van der Waals surface area contributed by atoms with Gasteiger partial charge in [-0.25, -0.2) is 0 Å². The fourth-order valence-electron chi connectivity index (χ4n) is 3.89. The average Bonchev–Trinajstić information content (AvgIpc) is 2.78. The summed E-state index contributed by atoms with van der Waals surface area (Å²) in [6, 6.07) is 13.1. The molecule has 3 N–H and O–H groups in total. The van der Waals surface area contributed by atoms with Crippen molar-refractivity contribution >= 4 is 5.96 Å². The third kappa shape index (κ3) is 7.44. The van der Waals surface area contributed by atoms with E-state index in [1.807, 2.05) is 12.1 Å². The lowest BCUT2D eigenvalue weighted by Crippen LogP contribution is -2.48. The van der Waals surface area contributed by atoms with Gasteiger partial charge < -0.3 is 15.7 Å². The Morgan fingerprint density at radius 1 is 1.09 bits per heavy atom. The van der Waals surface area contributed by atoms with Gasteiger partial charge in [0.25, 0.3) is 0 Å². The lowest BCUT2D eigenvalue weighted by atomic mass is 10.0. The number of piperidine rings is 1. The largest absolute Gasteiger partial charge is 0.508 e. The third-order valence-electron chi connectivity index (χ3n) is 5.68. The van der Waals surface area contributed by atoms with Crippen LogP contribution in [0.1, 0.15) is 36.0 Å². The van der Waals surface area contributed by atoms with Crippen LogP contribution in [0.4, 0.5) is 13.2 Å². The number of aromatic hydroxyl groups is 1. The summed E-state index contributed by atoms with van der Waals surface area (Å²) in [4.78, 5) is 6.49. The van der Waals surface area contributed by atoms with Crippen molar-refractivity contribution in [1.29, 1.82) is 0 Å². The van der Waals surface area contributed by atoms with Crippen LogP contribution in [0, 0.1) is 0 Å². The summed E-state index contributed by atoms with van der Waals surface area (Å²) in [5.74, 6) is 1.05. The van der Waals surface area contributed by atoms with E-state index in [4.69, 9.17) is 0 Å². The van der Waals surface area contributed by atoms with E-state index >= 15 is 0 Å². The maximum Gasteiger partial charge on any atom is 0.416 e. The normalized spacial score (nSPS) is 16.2. The molecule has 32 heavy (non-hydrogen) atoms. The molecule has 0 spiro atoms. The molecule has 174 valence electrons. The van der Waals surface area contributed by atoms with Gasteiger partial charge in [-0.05, 0) is 55.0 Å². The molecule has 0 aromatic heterocycles. The number of phenolic OH excluding ortho intramolecular Hbond substituents is 1. The van der Waals surface area contributed by atoms with Crippen molar-refractivity contribution in [3.63, 3.8) is 0 Å². The summed E-state index contributed by atoms with van der Waals surface area (Å²) in [5, 5.41) is 16.1. The number of nitrogens with zero attached hydrogens (tertiary/aromatic N) is 2. The minimum absolute atomic E-state index is 0.275. The number of hydrogen-bond acceptors (Lipinski definition) is 3. The molecule has 0 amide bonds. The van der Waals surface area contributed by atoms with E-state index in [-0.39, 0.29) is 11.8 Å². The molecular formula is C24H31F3N4O. The highest BCUT2D eigenvalue weighted by Gasteiger charge is 2.30. The molecule has 1 aliphatic heterocycles. The second-order valence-electron chi connectivity index (χ2n) is 8.16. The van der Waals surface area contributed by atoms with E-state index in [1.165, 1.54) is 17.7 Å². The number of hydrogen-bond donors (Lipinski definition) is 3. The molecule has 0 unspecified atom stereocenters. The van der Waals surface area contributed by atoms with Gasteiger partial charge in [-0.2, -0.15) is 13.2 Å². The van der Waals surface area contributed by atoms with E-state index in [1.54, 1.807) is 25.2 Å². The van der Waals surface area contributed by atoms with Crippen molar-refractivity contribution in [2.24, 2.45) is 4.99 Å². The topological polar surface area (TPSA) is 59.9 Å². The Hall–Kier alpha value is -2.74. The van der Waals surface area contributed by atoms with Gasteiger partial charge in [-0.3, -0.25) is 9.89 Å². The zero-order valence-corrected chi connectivity index (χ0v) is 18.3. The molecule has 0 aliphatic carbocycles. The number of benzene rings is 2. The van der Waals surface area contributed by atoms with Gasteiger partial charge in [-0.15, -0.1) is 0 Å². The highest BCUT2D eigenvalue weighted by molar-refractivity contribution is 5.79. The summed E-state index contributed by atoms with van der Waals surface area (Å²) >= 11 is 0. The Morgan fingerprint density at radius 3 is 2.47 bits per heavy atom. The number of aryl methyl sites for hydroxylation is 1. The number of halogens is 3. The lowest BCUT2D eigenvalue weighted by molar-refractivity contribution is -0.137. The number of alkyl halides is 3. The molecule has 2 aromatic rings. The minimum Gasteiger partial charge on any atom is -0.508 e. The average molecular weight is 449 g/mol. The van der Waals surface area contributed by atoms with Crippen LogP contribution in [-0.2, 0) is 19.1 Å². The fourth-order valence-corrected chi connectivity index (χ4v) is 3.89. The smallest absolute Gasteiger partial charge is 0.416 e. The molecule has 0 bridgehead atoms. The van der Waals surface area contributed by atoms with Crippen LogP contribution < -0.4 is 10.6 Å². The van der Waals surface area contributed by atoms with Crippen LogP contribution in [0.15, 0.2) is 53.5 Å². The van der Waals surface area contributed by atoms with E-state index in [0.717, 1.165) is 57.3 Å². The first-order valence-corrected chi connectivity index (χ1v) is 11.0. The maximum atomic E-state index is 12.9. The van der Waals surface area contributed by atoms with E-state index in [2.05, 4.69) is 20.5 Å². The summed E-state index contributed by atoms with van der Waals surface area (Å²) in [6.07, 6.45) is -0.626. The second kappa shape index (κ2) is 11.2. The standard InChI is InChI=1S/C24H31F3N4O/c1-28-23(29-13-3-5-18-7-9-22(32)10-8-18)30-21-11-14-31(15-12-21)17-19-4-2-6-20(16-19)24(25,26)27/h2,4,6-10,16,21,32H,3,5,11-15,17H2,1H3,(H2,28,29,30). The van der Waals surface area contributed by atoms with Crippen molar-refractivity contribution < 1.29 is 18.3 Å². The van der Waals surface area contributed by atoms with Crippen LogP contribution in [0.3, 0.4) is 0 Å². The van der Waals surface area contributed by atoms with Crippen LogP contribution in [0.2, 0.25) is 0 Å². The highest BCUT2D eigenvalue weighted by Crippen LogP contribution is 2.30. The van der Waals surface area contributed by atoms with Crippen LogP contribution >= 0.6 is 0 Å². The third-order valence-corrected chi connectivity index (χ3v) is 5.68. The maximum absolute atomic E-state index is 12.9. The Morgan fingerprint density at radius 2 is 1.81 bits per heavy atom. The highest BCUT2D eigenvalue weighted by atomic mass is 19.4. The zero-order chi connectivity index (χ0) is 23.0. The molecule has 5 nitrogen and oxygen atoms in total. The zero-order valence-electron chi connectivity index (χ0n) is 18.3. The monoisotopic (exact) mass is 448 g/mol. The van der Waals surface area contributed by atoms with Crippen molar-refractivity contribution in [3.8, 4) is 5.75 Å². The predicted molar refractivity (Wildman–Crippen MR) is 121 cm³/mol. The molecule has 0 saturated carbocycles. The Bertz CT molecular complexity index is 876. The van der Waals surface area contributed by atoms with E-state index in [9.17, 15) is 18.3 Å². The first-order valence-electron chi connectivity index (χ1n) is 11.0. The van der Waals surface area contributed by atoms with Gasteiger partial charge in [0.15, 0.2) is 5.96 Å². The van der Waals surface area contributed by atoms with Crippen molar-refractivity contribution in [2.45, 2.75) is 44.4 Å². The summed E-state index contributed by atoms with van der Waals surface area (Å²) in [6.45, 7) is 2.97. The number of rotatable bonds is 7. The lowest BCUT2D eigenvalue weighted by Gasteiger charge is -2.33. The van der Waals surface area contributed by atoms with E-state index < -0.39 is 11.7 Å². The van der Waals surface area contributed by atoms with Gasteiger partial charge in [0.05, 0.1) is 5.56 Å². The number of phenols is 1. The van der Waals surface area contributed by atoms with Crippen LogP contribution in [-0.4, -0.2) is 48.7 Å². The summed E-state index contributed by atoms with van der Waals surface area (Å²) in [5.41, 5.74) is 1.28.